The van der Waals surface area contributed by atoms with Crippen molar-refractivity contribution in [1.29, 1.82) is 0 Å². The number of aliphatic hydroxyl groups is 1. The molecular weight excluding hydrogens is 244 g/mol. The smallest absolute Gasteiger partial charge is 0.311 e. The van der Waals surface area contributed by atoms with Crippen molar-refractivity contribution < 1.29 is 19.4 Å². The molecule has 0 saturated carbocycles. The lowest BCUT2D eigenvalue weighted by Crippen LogP contribution is -2.51. The van der Waals surface area contributed by atoms with Crippen LogP contribution in [0.25, 0.3) is 0 Å². The van der Waals surface area contributed by atoms with Crippen molar-refractivity contribution in [3.63, 3.8) is 0 Å². The molecule has 2 saturated heterocycles. The lowest BCUT2D eigenvalue weighted by atomic mass is 9.65. The molecule has 1 N–H and O–H groups in total. The highest BCUT2D eigenvalue weighted by molar-refractivity contribution is 5.73. The molecule has 4 nitrogen and oxygen atoms in total. The van der Waals surface area contributed by atoms with Gasteiger partial charge >= 0.3 is 5.97 Å². The van der Waals surface area contributed by atoms with Gasteiger partial charge in [-0.2, -0.15) is 0 Å². The Morgan fingerprint density at radius 2 is 2.11 bits per heavy atom. The highest BCUT2D eigenvalue weighted by Crippen LogP contribution is 2.49. The van der Waals surface area contributed by atoms with Crippen molar-refractivity contribution in [3.05, 3.63) is 12.2 Å². The van der Waals surface area contributed by atoms with Gasteiger partial charge < -0.3 is 14.6 Å². The summed E-state index contributed by atoms with van der Waals surface area (Å²) in [6.07, 6.45) is 5.23. The van der Waals surface area contributed by atoms with Crippen molar-refractivity contribution >= 4 is 5.97 Å². The fourth-order valence-corrected chi connectivity index (χ4v) is 3.85. The van der Waals surface area contributed by atoms with E-state index in [9.17, 15) is 9.90 Å². The Morgan fingerprint density at radius 3 is 2.84 bits per heavy atom. The summed E-state index contributed by atoms with van der Waals surface area (Å²) in [7, 11) is 0. The predicted octanol–water partition coefficient (Wildman–Crippen LogP) is 2.08. The molecule has 3 aliphatic rings. The van der Waals surface area contributed by atoms with Crippen LogP contribution in [0.4, 0.5) is 0 Å². The summed E-state index contributed by atoms with van der Waals surface area (Å²) in [5, 5.41) is 10.2. The minimum Gasteiger partial charge on any atom is -0.435 e. The molecule has 3 rings (SSSR count). The van der Waals surface area contributed by atoms with E-state index in [1.807, 2.05) is 6.92 Å². The third-order valence-corrected chi connectivity index (χ3v) is 5.06. The molecule has 0 bridgehead atoms. The molecule has 0 aromatic carbocycles. The van der Waals surface area contributed by atoms with E-state index in [0.717, 1.165) is 6.42 Å². The second-order valence-electron chi connectivity index (χ2n) is 6.49. The highest BCUT2D eigenvalue weighted by atomic mass is 16.8. The zero-order chi connectivity index (χ0) is 13.8. The summed E-state index contributed by atoms with van der Waals surface area (Å²) in [5.74, 6) is -0.369. The maximum Gasteiger partial charge on any atom is 0.311 e. The van der Waals surface area contributed by atoms with Crippen LogP contribution in [0.2, 0.25) is 0 Å². The van der Waals surface area contributed by atoms with E-state index in [-0.39, 0.29) is 23.7 Å². The maximum atomic E-state index is 11.9. The summed E-state index contributed by atoms with van der Waals surface area (Å²) in [4.78, 5) is 11.9. The lowest BCUT2D eigenvalue weighted by molar-refractivity contribution is -0.299. The summed E-state index contributed by atoms with van der Waals surface area (Å²) < 4.78 is 11.1. The highest BCUT2D eigenvalue weighted by Gasteiger charge is 2.52. The van der Waals surface area contributed by atoms with E-state index < -0.39 is 12.1 Å². The Labute approximate surface area is 113 Å². The Morgan fingerprint density at radius 1 is 1.37 bits per heavy atom. The predicted molar refractivity (Wildman–Crippen MR) is 68.8 cm³/mol. The van der Waals surface area contributed by atoms with Crippen LogP contribution in [0, 0.1) is 29.6 Å². The number of hydrogen-bond acceptors (Lipinski definition) is 4. The van der Waals surface area contributed by atoms with Crippen molar-refractivity contribution in [2.45, 2.75) is 45.7 Å². The monoisotopic (exact) mass is 266 g/mol. The van der Waals surface area contributed by atoms with E-state index in [2.05, 4.69) is 19.1 Å². The topological polar surface area (TPSA) is 55.8 Å². The number of rotatable bonds is 0. The van der Waals surface area contributed by atoms with Crippen molar-refractivity contribution in [1.82, 2.24) is 0 Å². The van der Waals surface area contributed by atoms with Gasteiger partial charge in [0.2, 0.25) is 6.29 Å². The molecule has 106 valence electrons. The molecule has 0 aromatic heterocycles. The molecule has 0 spiro atoms. The van der Waals surface area contributed by atoms with E-state index >= 15 is 0 Å². The van der Waals surface area contributed by atoms with Crippen molar-refractivity contribution in [2.75, 3.05) is 0 Å². The average Bonchev–Trinajstić information content (AvgIpc) is 2.46. The third-order valence-electron chi connectivity index (χ3n) is 5.06. The summed E-state index contributed by atoms with van der Waals surface area (Å²) in [6, 6.07) is 0. The van der Waals surface area contributed by atoms with Crippen molar-refractivity contribution in [3.8, 4) is 0 Å². The molecule has 2 fully saturated rings. The van der Waals surface area contributed by atoms with Gasteiger partial charge in [0.25, 0.3) is 0 Å². The fraction of sp³-hybridized carbons (Fsp3) is 0.800. The molecule has 0 aromatic rings. The van der Waals surface area contributed by atoms with Crippen LogP contribution >= 0.6 is 0 Å². The lowest BCUT2D eigenvalue weighted by Gasteiger charge is -2.45. The minimum atomic E-state index is -1.20. The number of ether oxygens (including phenoxy) is 2. The summed E-state index contributed by atoms with van der Waals surface area (Å²) in [6.45, 7) is 5.77. The molecule has 2 unspecified atom stereocenters. The van der Waals surface area contributed by atoms with Crippen LogP contribution in [0.1, 0.15) is 33.6 Å². The first-order valence-corrected chi connectivity index (χ1v) is 7.18. The van der Waals surface area contributed by atoms with E-state index in [0.29, 0.717) is 18.3 Å². The SMILES string of the molecule is C[C@@H]1C=C[C@H]2C3C1CC[C@@](C)(O)O[C@@H]3OC(=O)[C@@H]2C. The zero-order valence-corrected chi connectivity index (χ0v) is 11.7. The largest absolute Gasteiger partial charge is 0.435 e. The fourth-order valence-electron chi connectivity index (χ4n) is 3.85. The Bertz CT molecular complexity index is 414. The zero-order valence-electron chi connectivity index (χ0n) is 11.7. The van der Waals surface area contributed by atoms with Crippen LogP contribution in [-0.4, -0.2) is 23.2 Å². The molecule has 7 atom stereocenters. The third kappa shape index (κ3) is 2.11. The number of esters is 1. The number of carbonyl (C=O) groups excluding carboxylic acids is 1. The van der Waals surface area contributed by atoms with Gasteiger partial charge in [-0.1, -0.05) is 26.0 Å². The quantitative estimate of drug-likeness (QED) is 0.539. The van der Waals surface area contributed by atoms with Crippen LogP contribution in [0.3, 0.4) is 0 Å². The van der Waals surface area contributed by atoms with Gasteiger partial charge in [0.1, 0.15) is 0 Å². The molecular formula is C15H22O4. The minimum absolute atomic E-state index is 0.126. The van der Waals surface area contributed by atoms with Gasteiger partial charge in [-0.15, -0.1) is 0 Å². The van der Waals surface area contributed by atoms with Crippen LogP contribution < -0.4 is 0 Å². The van der Waals surface area contributed by atoms with Gasteiger partial charge in [0, 0.05) is 12.3 Å². The molecule has 2 heterocycles. The van der Waals surface area contributed by atoms with E-state index in [4.69, 9.17) is 9.47 Å². The first kappa shape index (κ1) is 13.1. The molecule has 0 amide bonds. The maximum absolute atomic E-state index is 11.9. The average molecular weight is 266 g/mol. The molecule has 2 aliphatic heterocycles. The van der Waals surface area contributed by atoms with E-state index in [1.54, 1.807) is 6.92 Å². The van der Waals surface area contributed by atoms with Gasteiger partial charge in [0.15, 0.2) is 5.79 Å². The second-order valence-corrected chi connectivity index (χ2v) is 6.49. The Hall–Kier alpha value is -0.870. The molecule has 19 heavy (non-hydrogen) atoms. The summed E-state index contributed by atoms with van der Waals surface area (Å²) >= 11 is 0. The standard InChI is InChI=1S/C15H22O4/c1-8-4-5-11-9(2)13(16)18-14-12(11)10(8)6-7-15(3,17)19-14/h4-5,8-12,14,17H,6-7H2,1-3H3/t8-,9-,10?,11-,12?,14+,15+/m1/s1. The van der Waals surface area contributed by atoms with Gasteiger partial charge in [-0.3, -0.25) is 4.79 Å². The first-order chi connectivity index (χ1) is 8.89. The van der Waals surface area contributed by atoms with Crippen molar-refractivity contribution in [2.24, 2.45) is 29.6 Å². The van der Waals surface area contributed by atoms with Gasteiger partial charge in [-0.05, 0) is 31.1 Å². The number of carbonyl (C=O) groups is 1. The van der Waals surface area contributed by atoms with Crippen LogP contribution in [0.5, 0.6) is 0 Å². The normalized spacial score (nSPS) is 53.2. The molecule has 0 radical (unpaired) electrons. The second kappa shape index (κ2) is 4.32. The van der Waals surface area contributed by atoms with Crippen LogP contribution in [-0.2, 0) is 14.3 Å². The van der Waals surface area contributed by atoms with E-state index in [1.165, 1.54) is 0 Å². The van der Waals surface area contributed by atoms with Gasteiger partial charge in [0.05, 0.1) is 5.92 Å². The first-order valence-electron chi connectivity index (χ1n) is 7.18. The molecule has 4 heteroatoms. The number of hydrogen-bond donors (Lipinski definition) is 1. The Balaban J connectivity index is 1.99. The molecule has 1 aliphatic carbocycles. The van der Waals surface area contributed by atoms with Crippen LogP contribution in [0.15, 0.2) is 12.2 Å². The Kier molecular flexibility index (Phi) is 2.98. The number of allylic oxidation sites excluding steroid dienone is 2. The van der Waals surface area contributed by atoms with Gasteiger partial charge in [-0.25, -0.2) is 0 Å². The summed E-state index contributed by atoms with van der Waals surface area (Å²) in [5.41, 5.74) is 0.